The van der Waals surface area contributed by atoms with Crippen molar-refractivity contribution in [3.05, 3.63) is 11.6 Å². The number of methoxy groups -OCH3 is 1. The average Bonchev–Trinajstić information content (AvgIpc) is 2.29. The average molecular weight is 269 g/mol. The third-order valence-electron chi connectivity index (χ3n) is 3.00. The molecule has 1 rings (SSSR count). The van der Waals surface area contributed by atoms with Crippen molar-refractivity contribution in [1.29, 1.82) is 0 Å². The zero-order valence-electron chi connectivity index (χ0n) is 12.4. The summed E-state index contributed by atoms with van der Waals surface area (Å²) in [5.41, 5.74) is 0.393. The minimum atomic E-state index is -0.513. The molecular formula is C14H23NO4. The maximum atomic E-state index is 12.1. The van der Waals surface area contributed by atoms with Gasteiger partial charge in [-0.25, -0.2) is 9.59 Å². The molecule has 1 saturated heterocycles. The lowest BCUT2D eigenvalue weighted by molar-refractivity contribution is -0.135. The molecule has 5 nitrogen and oxygen atoms in total. The summed E-state index contributed by atoms with van der Waals surface area (Å²) in [6.45, 7) is 8.06. The van der Waals surface area contributed by atoms with Gasteiger partial charge in [0.1, 0.15) is 5.60 Å². The van der Waals surface area contributed by atoms with Gasteiger partial charge in [0, 0.05) is 12.6 Å². The van der Waals surface area contributed by atoms with Crippen LogP contribution in [0, 0.1) is 0 Å². The van der Waals surface area contributed by atoms with E-state index in [1.165, 1.54) is 13.2 Å². The van der Waals surface area contributed by atoms with Gasteiger partial charge in [-0.3, -0.25) is 0 Å². The third kappa shape index (κ3) is 4.58. The lowest BCUT2D eigenvalue weighted by Gasteiger charge is -2.36. The van der Waals surface area contributed by atoms with E-state index in [9.17, 15) is 9.59 Å². The van der Waals surface area contributed by atoms with E-state index in [-0.39, 0.29) is 18.1 Å². The van der Waals surface area contributed by atoms with Crippen LogP contribution in [0.5, 0.6) is 0 Å². The SMILES string of the molecule is COC(=O)/C=C1/CCCN(C(=O)OC(C)(C)C)C1C. The van der Waals surface area contributed by atoms with E-state index < -0.39 is 5.60 Å². The molecule has 0 N–H and O–H groups in total. The molecule has 5 heteroatoms. The molecule has 1 aliphatic rings. The molecule has 0 aliphatic carbocycles. The number of rotatable bonds is 1. The first kappa shape index (κ1) is 15.5. The summed E-state index contributed by atoms with van der Waals surface area (Å²) in [5.74, 6) is -0.382. The van der Waals surface area contributed by atoms with Crippen molar-refractivity contribution < 1.29 is 19.1 Å². The van der Waals surface area contributed by atoms with Crippen LogP contribution in [0.15, 0.2) is 11.6 Å². The van der Waals surface area contributed by atoms with E-state index in [0.29, 0.717) is 6.54 Å². The number of hydrogen-bond donors (Lipinski definition) is 0. The summed E-state index contributed by atoms with van der Waals surface area (Å²) in [6, 6.07) is -0.136. The Bertz CT molecular complexity index is 381. The van der Waals surface area contributed by atoms with Crippen LogP contribution in [-0.4, -0.2) is 42.3 Å². The molecule has 1 unspecified atom stereocenters. The van der Waals surface area contributed by atoms with E-state index in [0.717, 1.165) is 18.4 Å². The number of ether oxygens (including phenoxy) is 2. The highest BCUT2D eigenvalue weighted by Gasteiger charge is 2.30. The van der Waals surface area contributed by atoms with Crippen LogP contribution in [0.2, 0.25) is 0 Å². The van der Waals surface area contributed by atoms with Crippen molar-refractivity contribution in [2.24, 2.45) is 0 Å². The lowest BCUT2D eigenvalue weighted by atomic mass is 9.97. The van der Waals surface area contributed by atoms with Crippen molar-refractivity contribution in [2.75, 3.05) is 13.7 Å². The van der Waals surface area contributed by atoms with Gasteiger partial charge in [-0.05, 0) is 46.1 Å². The van der Waals surface area contributed by atoms with Gasteiger partial charge >= 0.3 is 12.1 Å². The number of piperidine rings is 1. The molecule has 1 atom stereocenters. The van der Waals surface area contributed by atoms with Crippen LogP contribution in [-0.2, 0) is 14.3 Å². The van der Waals surface area contributed by atoms with Crippen LogP contribution in [0.1, 0.15) is 40.5 Å². The quantitative estimate of drug-likeness (QED) is 0.542. The second-order valence-electron chi connectivity index (χ2n) is 5.70. The molecule has 0 aromatic carbocycles. The molecule has 0 bridgehead atoms. The maximum absolute atomic E-state index is 12.1. The molecule has 1 aliphatic heterocycles. The van der Waals surface area contributed by atoms with Crippen LogP contribution in [0.25, 0.3) is 0 Å². The lowest BCUT2D eigenvalue weighted by Crippen LogP contribution is -2.46. The van der Waals surface area contributed by atoms with E-state index in [1.807, 2.05) is 27.7 Å². The topological polar surface area (TPSA) is 55.8 Å². The summed E-state index contributed by atoms with van der Waals surface area (Å²) >= 11 is 0. The number of hydrogen-bond acceptors (Lipinski definition) is 4. The molecule has 19 heavy (non-hydrogen) atoms. The van der Waals surface area contributed by atoms with Gasteiger partial charge in [-0.15, -0.1) is 0 Å². The van der Waals surface area contributed by atoms with Crippen molar-refractivity contribution in [3.63, 3.8) is 0 Å². The smallest absolute Gasteiger partial charge is 0.410 e. The Kier molecular flexibility index (Phi) is 4.97. The van der Waals surface area contributed by atoms with E-state index in [2.05, 4.69) is 4.74 Å². The van der Waals surface area contributed by atoms with E-state index in [1.54, 1.807) is 4.90 Å². The normalized spacial score (nSPS) is 22.3. The maximum Gasteiger partial charge on any atom is 0.410 e. The van der Waals surface area contributed by atoms with Crippen molar-refractivity contribution in [1.82, 2.24) is 4.90 Å². The second-order valence-corrected chi connectivity index (χ2v) is 5.70. The Morgan fingerprint density at radius 2 is 2.00 bits per heavy atom. The van der Waals surface area contributed by atoms with Gasteiger partial charge in [-0.2, -0.15) is 0 Å². The van der Waals surface area contributed by atoms with Crippen LogP contribution in [0.4, 0.5) is 4.79 Å². The zero-order valence-corrected chi connectivity index (χ0v) is 12.4. The predicted molar refractivity (Wildman–Crippen MR) is 71.7 cm³/mol. The summed E-state index contributed by atoms with van der Waals surface area (Å²) in [4.78, 5) is 25.0. The Hall–Kier alpha value is -1.52. The molecule has 0 radical (unpaired) electrons. The van der Waals surface area contributed by atoms with Crippen LogP contribution >= 0.6 is 0 Å². The van der Waals surface area contributed by atoms with Crippen molar-refractivity contribution >= 4 is 12.1 Å². The molecule has 108 valence electrons. The monoisotopic (exact) mass is 269 g/mol. The fraction of sp³-hybridized carbons (Fsp3) is 0.714. The third-order valence-corrected chi connectivity index (χ3v) is 3.00. The van der Waals surface area contributed by atoms with Gasteiger partial charge < -0.3 is 14.4 Å². The number of carbonyl (C=O) groups excluding carboxylic acids is 2. The Morgan fingerprint density at radius 1 is 1.37 bits per heavy atom. The summed E-state index contributed by atoms with van der Waals surface area (Å²) < 4.78 is 10.00. The molecule has 0 aromatic heterocycles. The molecule has 1 amide bonds. The highest BCUT2D eigenvalue weighted by molar-refractivity contribution is 5.83. The highest BCUT2D eigenvalue weighted by Crippen LogP contribution is 2.24. The Morgan fingerprint density at radius 3 is 2.53 bits per heavy atom. The van der Waals surface area contributed by atoms with E-state index in [4.69, 9.17) is 4.74 Å². The van der Waals surface area contributed by atoms with Crippen LogP contribution in [0.3, 0.4) is 0 Å². The number of likely N-dealkylation sites (tertiary alicyclic amines) is 1. The minimum absolute atomic E-state index is 0.136. The first-order valence-corrected chi connectivity index (χ1v) is 6.52. The zero-order chi connectivity index (χ0) is 14.6. The number of esters is 1. The standard InChI is InChI=1S/C14H23NO4/c1-10-11(9-12(16)18-5)7-6-8-15(10)13(17)19-14(2,3)4/h9-10H,6-8H2,1-5H3/b11-9-. The first-order valence-electron chi connectivity index (χ1n) is 6.52. The van der Waals surface area contributed by atoms with Gasteiger partial charge in [0.05, 0.1) is 13.2 Å². The molecule has 0 saturated carbocycles. The van der Waals surface area contributed by atoms with Crippen molar-refractivity contribution in [3.8, 4) is 0 Å². The minimum Gasteiger partial charge on any atom is -0.466 e. The molecule has 1 heterocycles. The highest BCUT2D eigenvalue weighted by atomic mass is 16.6. The fourth-order valence-electron chi connectivity index (χ4n) is 2.03. The van der Waals surface area contributed by atoms with Gasteiger partial charge in [0.15, 0.2) is 0 Å². The van der Waals surface area contributed by atoms with Crippen molar-refractivity contribution in [2.45, 2.75) is 52.2 Å². The first-order chi connectivity index (χ1) is 8.74. The van der Waals surface area contributed by atoms with Gasteiger partial charge in [0.2, 0.25) is 0 Å². The number of nitrogens with zero attached hydrogens (tertiary/aromatic N) is 1. The molecule has 0 spiro atoms. The molecule has 0 aromatic rings. The number of amides is 1. The second kappa shape index (κ2) is 6.08. The van der Waals surface area contributed by atoms with E-state index >= 15 is 0 Å². The largest absolute Gasteiger partial charge is 0.466 e. The summed E-state index contributed by atoms with van der Waals surface area (Å²) in [7, 11) is 1.35. The van der Waals surface area contributed by atoms with Gasteiger partial charge in [-0.1, -0.05) is 0 Å². The van der Waals surface area contributed by atoms with Crippen LogP contribution < -0.4 is 0 Å². The molecular weight excluding hydrogens is 246 g/mol. The summed E-state index contributed by atoms with van der Waals surface area (Å²) in [5, 5.41) is 0. The summed E-state index contributed by atoms with van der Waals surface area (Å²) in [6.07, 6.45) is 2.76. The molecule has 1 fully saturated rings. The van der Waals surface area contributed by atoms with Gasteiger partial charge in [0.25, 0.3) is 0 Å². The number of carbonyl (C=O) groups is 2. The predicted octanol–water partition coefficient (Wildman–Crippen LogP) is 2.51. The fourth-order valence-corrected chi connectivity index (χ4v) is 2.03. The Labute approximate surface area is 114 Å². The Balaban J connectivity index is 2.78.